The Morgan fingerprint density at radius 1 is 1.14 bits per heavy atom. The Kier molecular flexibility index (Phi) is 9.21. The van der Waals surface area contributed by atoms with Gasteiger partial charge in [0.15, 0.2) is 0 Å². The number of allylic oxidation sites excluding steroid dienone is 1. The number of halogens is 2. The molecule has 3 heterocycles. The molecule has 0 radical (unpaired) electrons. The first-order valence-corrected chi connectivity index (χ1v) is 15.7. The van der Waals surface area contributed by atoms with Crippen LogP contribution in [0.25, 0.3) is 33.6 Å². The summed E-state index contributed by atoms with van der Waals surface area (Å²) in [6.45, 7) is 9.74. The van der Waals surface area contributed by atoms with Crippen molar-refractivity contribution in [3.63, 3.8) is 0 Å². The number of carbonyl (C=O) groups excluding carboxylic acids is 1. The number of carbonyl (C=O) groups is 1. The predicted octanol–water partition coefficient (Wildman–Crippen LogP) is 8.63. The number of likely N-dealkylation sites (tertiary alicyclic amines) is 1. The highest BCUT2D eigenvalue weighted by molar-refractivity contribution is 7.13. The van der Waals surface area contributed by atoms with Crippen molar-refractivity contribution < 1.29 is 9.53 Å². The molecule has 0 saturated carbocycles. The lowest BCUT2D eigenvalue weighted by Gasteiger charge is -2.32. The Balaban J connectivity index is 1.78. The smallest absolute Gasteiger partial charge is 0.265 e. The average Bonchev–Trinajstić information content (AvgIpc) is 3.45. The van der Waals surface area contributed by atoms with Gasteiger partial charge in [-0.2, -0.15) is 0 Å². The molecule has 0 aliphatic carbocycles. The van der Waals surface area contributed by atoms with Crippen LogP contribution < -0.4 is 10.3 Å². The second-order valence-electron chi connectivity index (χ2n) is 10.8. The van der Waals surface area contributed by atoms with E-state index in [0.29, 0.717) is 68.9 Å². The number of rotatable bonds is 7. The first-order chi connectivity index (χ1) is 20.2. The number of aromatic nitrogens is 2. The minimum absolute atomic E-state index is 0.115. The lowest BCUT2D eigenvalue weighted by molar-refractivity contribution is 0.0682. The first-order valence-electron chi connectivity index (χ1n) is 14.0. The van der Waals surface area contributed by atoms with Gasteiger partial charge in [-0.3, -0.25) is 14.2 Å². The Morgan fingerprint density at radius 3 is 2.60 bits per heavy atom. The van der Waals surface area contributed by atoms with Crippen LogP contribution in [0.3, 0.4) is 0 Å². The van der Waals surface area contributed by atoms with E-state index in [1.54, 1.807) is 36.4 Å². The first kappa shape index (κ1) is 30.1. The van der Waals surface area contributed by atoms with Gasteiger partial charge in [0.05, 0.1) is 39.8 Å². The lowest BCUT2D eigenvalue weighted by atomic mass is 9.98. The van der Waals surface area contributed by atoms with E-state index in [-0.39, 0.29) is 11.5 Å². The summed E-state index contributed by atoms with van der Waals surface area (Å²) < 4.78 is 7.30. The Morgan fingerprint density at radius 2 is 1.90 bits per heavy atom. The van der Waals surface area contributed by atoms with E-state index in [4.69, 9.17) is 32.9 Å². The van der Waals surface area contributed by atoms with E-state index < -0.39 is 0 Å². The molecule has 9 heteroatoms. The molecule has 218 valence electrons. The summed E-state index contributed by atoms with van der Waals surface area (Å²) in [5.74, 6) is 0.864. The van der Waals surface area contributed by atoms with Crippen molar-refractivity contribution >= 4 is 46.5 Å². The topological polar surface area (TPSA) is 64.4 Å². The Labute approximate surface area is 260 Å². The maximum atomic E-state index is 14.4. The van der Waals surface area contributed by atoms with E-state index in [0.717, 1.165) is 29.7 Å². The van der Waals surface area contributed by atoms with E-state index in [1.165, 1.54) is 15.9 Å². The minimum Gasteiger partial charge on any atom is -0.494 e. The highest BCUT2D eigenvalue weighted by Gasteiger charge is 2.28. The molecule has 0 N–H and O–H groups in total. The van der Waals surface area contributed by atoms with E-state index in [9.17, 15) is 9.59 Å². The lowest BCUT2D eigenvalue weighted by Crippen LogP contribution is -2.40. The molecule has 0 bridgehead atoms. The zero-order chi connectivity index (χ0) is 30.0. The Bertz CT molecular complexity index is 1700. The van der Waals surface area contributed by atoms with E-state index in [1.807, 2.05) is 49.3 Å². The summed E-state index contributed by atoms with van der Waals surface area (Å²) in [7, 11) is 0. The molecule has 1 aliphatic heterocycles. The third-order valence-electron chi connectivity index (χ3n) is 7.18. The standard InChI is InChI=1S/C33H33Cl2N3O3S/c1-5-41-24-12-13-27(35)30(16-24)38-29(15-20(2)3)25(32(39)37-14-6-7-21(4)18-37)17-26(33(38)40)31-36-28(19-42-31)22-8-10-23(34)11-9-22/h8-13,15-17,19,21H,5-7,14,18H2,1-4H3/t21-/m1/s1. The molecule has 0 unspecified atom stereocenters. The van der Waals surface area contributed by atoms with Crippen LogP contribution in [0.5, 0.6) is 5.75 Å². The zero-order valence-corrected chi connectivity index (χ0v) is 26.4. The van der Waals surface area contributed by atoms with Crippen LogP contribution in [0, 0.1) is 5.92 Å². The number of ether oxygens (including phenoxy) is 1. The van der Waals surface area contributed by atoms with Gasteiger partial charge >= 0.3 is 0 Å². The number of benzene rings is 2. The molecule has 1 amide bonds. The maximum Gasteiger partial charge on any atom is 0.265 e. The van der Waals surface area contributed by atoms with Crippen LogP contribution in [-0.4, -0.2) is 40.1 Å². The van der Waals surface area contributed by atoms with Crippen molar-refractivity contribution in [1.29, 1.82) is 0 Å². The van der Waals surface area contributed by atoms with Gasteiger partial charge in [-0.15, -0.1) is 11.3 Å². The van der Waals surface area contributed by atoms with Gasteiger partial charge in [-0.1, -0.05) is 47.8 Å². The molecule has 5 rings (SSSR count). The molecule has 4 aromatic rings. The van der Waals surface area contributed by atoms with Gasteiger partial charge in [0.2, 0.25) is 0 Å². The summed E-state index contributed by atoms with van der Waals surface area (Å²) in [5, 5.41) is 3.42. The molecule has 1 fully saturated rings. The fourth-order valence-electron chi connectivity index (χ4n) is 5.22. The van der Waals surface area contributed by atoms with Crippen LogP contribution in [-0.2, 0) is 0 Å². The van der Waals surface area contributed by atoms with Crippen LogP contribution in [0.2, 0.25) is 10.0 Å². The number of piperidine rings is 1. The predicted molar refractivity (Wildman–Crippen MR) is 173 cm³/mol. The number of thiazole rings is 1. The van der Waals surface area contributed by atoms with Crippen LogP contribution in [0.4, 0.5) is 0 Å². The quantitative estimate of drug-likeness (QED) is 0.207. The summed E-state index contributed by atoms with van der Waals surface area (Å²) in [6.07, 6.45) is 3.90. The van der Waals surface area contributed by atoms with Crippen LogP contribution >= 0.6 is 34.5 Å². The number of pyridine rings is 1. The van der Waals surface area contributed by atoms with Crippen LogP contribution in [0.1, 0.15) is 56.6 Å². The molecule has 0 spiro atoms. The van der Waals surface area contributed by atoms with Crippen molar-refractivity contribution in [2.75, 3.05) is 19.7 Å². The van der Waals surface area contributed by atoms with Crippen molar-refractivity contribution in [2.24, 2.45) is 5.92 Å². The normalized spacial score (nSPS) is 15.0. The molecule has 42 heavy (non-hydrogen) atoms. The number of hydrogen-bond donors (Lipinski definition) is 0. The SMILES string of the molecule is CCOc1ccc(Cl)c(-n2c(C=C(C)C)c(C(=O)N3CCC[C@@H](C)C3)cc(-c3nc(-c4ccc(Cl)cc4)cs3)c2=O)c1. The van der Waals surface area contributed by atoms with Gasteiger partial charge in [0, 0.05) is 35.1 Å². The third kappa shape index (κ3) is 6.33. The number of amides is 1. The highest BCUT2D eigenvalue weighted by Crippen LogP contribution is 2.33. The second kappa shape index (κ2) is 12.9. The van der Waals surface area contributed by atoms with E-state index in [2.05, 4.69) is 6.92 Å². The monoisotopic (exact) mass is 621 g/mol. The van der Waals surface area contributed by atoms with Gasteiger partial charge in [-0.05, 0) is 75.9 Å². The molecule has 1 saturated heterocycles. The van der Waals surface area contributed by atoms with Gasteiger partial charge in [0.25, 0.3) is 11.5 Å². The fourth-order valence-corrected chi connectivity index (χ4v) is 6.39. The molecular formula is C33H33Cl2N3O3S. The number of nitrogens with zero attached hydrogens (tertiary/aromatic N) is 3. The fraction of sp³-hybridized carbons (Fsp3) is 0.303. The third-order valence-corrected chi connectivity index (χ3v) is 8.63. The van der Waals surface area contributed by atoms with Gasteiger partial charge in [-0.25, -0.2) is 4.98 Å². The summed E-state index contributed by atoms with van der Waals surface area (Å²) in [6, 6.07) is 14.3. The highest BCUT2D eigenvalue weighted by atomic mass is 35.5. The Hall–Kier alpha value is -3.39. The maximum absolute atomic E-state index is 14.4. The zero-order valence-electron chi connectivity index (χ0n) is 24.1. The molecule has 1 atom stereocenters. The molecular weight excluding hydrogens is 589 g/mol. The van der Waals surface area contributed by atoms with E-state index >= 15 is 0 Å². The second-order valence-corrected chi connectivity index (χ2v) is 12.5. The minimum atomic E-state index is -0.321. The molecule has 6 nitrogen and oxygen atoms in total. The molecule has 2 aromatic heterocycles. The van der Waals surface area contributed by atoms with Crippen molar-refractivity contribution in [3.8, 4) is 33.3 Å². The van der Waals surface area contributed by atoms with Gasteiger partial charge < -0.3 is 9.64 Å². The van der Waals surface area contributed by atoms with Gasteiger partial charge in [0.1, 0.15) is 10.8 Å². The summed E-state index contributed by atoms with van der Waals surface area (Å²) in [5.41, 5.74) is 3.91. The largest absolute Gasteiger partial charge is 0.494 e. The van der Waals surface area contributed by atoms with Crippen molar-refractivity contribution in [3.05, 3.63) is 91.1 Å². The number of hydrogen-bond acceptors (Lipinski definition) is 5. The molecule has 1 aliphatic rings. The van der Waals surface area contributed by atoms with Crippen molar-refractivity contribution in [1.82, 2.24) is 14.5 Å². The average molecular weight is 623 g/mol. The summed E-state index contributed by atoms with van der Waals surface area (Å²) >= 11 is 14.2. The summed E-state index contributed by atoms with van der Waals surface area (Å²) in [4.78, 5) is 35.4. The van der Waals surface area contributed by atoms with Crippen molar-refractivity contribution in [2.45, 2.75) is 40.5 Å². The molecule has 2 aromatic carbocycles. The van der Waals surface area contributed by atoms with Crippen LogP contribution in [0.15, 0.2) is 64.3 Å².